The van der Waals surface area contributed by atoms with Crippen LogP contribution >= 0.6 is 0 Å². The smallest absolute Gasteiger partial charge is 0.0154 e. The number of aryl methyl sites for hydroxylation is 1. The molecule has 0 saturated carbocycles. The molecule has 0 unspecified atom stereocenters. The van der Waals surface area contributed by atoms with Crippen LogP contribution in [0.3, 0.4) is 0 Å². The number of rotatable bonds is 3. The summed E-state index contributed by atoms with van der Waals surface area (Å²) in [6.45, 7) is 6.25. The quantitative estimate of drug-likeness (QED) is 0.651. The maximum absolute atomic E-state index is 2.23. The lowest BCUT2D eigenvalue weighted by Crippen LogP contribution is -1.85. The van der Waals surface area contributed by atoms with E-state index in [1.165, 1.54) is 27.8 Å². The van der Waals surface area contributed by atoms with E-state index in [2.05, 4.69) is 73.7 Å². The van der Waals surface area contributed by atoms with Gasteiger partial charge in [0.15, 0.2) is 0 Å². The Labute approximate surface area is 116 Å². The molecule has 0 amide bonds. The van der Waals surface area contributed by atoms with Gasteiger partial charge in [-0.1, -0.05) is 66.8 Å². The standard InChI is InChI=1S/C19H20/c1-4-6-16-8-11-18(12-9-16)19-13-10-17(7-5-2)14-15(19)3/h4-14H,1-3H3. The van der Waals surface area contributed by atoms with Gasteiger partial charge in [-0.25, -0.2) is 0 Å². The Balaban J connectivity index is 2.36. The molecule has 0 N–H and O–H groups in total. The molecular weight excluding hydrogens is 228 g/mol. The van der Waals surface area contributed by atoms with Crippen molar-refractivity contribution in [2.75, 3.05) is 0 Å². The average molecular weight is 248 g/mol. The molecule has 0 radical (unpaired) electrons. The monoisotopic (exact) mass is 248 g/mol. The molecule has 0 fully saturated rings. The van der Waals surface area contributed by atoms with E-state index in [0.717, 1.165) is 0 Å². The predicted molar refractivity (Wildman–Crippen MR) is 86.0 cm³/mol. The molecule has 0 saturated heterocycles. The van der Waals surface area contributed by atoms with E-state index in [1.54, 1.807) is 0 Å². The van der Waals surface area contributed by atoms with Gasteiger partial charge in [0.25, 0.3) is 0 Å². The van der Waals surface area contributed by atoms with Crippen LogP contribution < -0.4 is 0 Å². The van der Waals surface area contributed by atoms with Gasteiger partial charge < -0.3 is 0 Å². The Morgan fingerprint density at radius 2 is 1.32 bits per heavy atom. The van der Waals surface area contributed by atoms with Crippen LogP contribution in [0.1, 0.15) is 30.5 Å². The molecule has 0 aliphatic heterocycles. The lowest BCUT2D eigenvalue weighted by molar-refractivity contribution is 1.44. The van der Waals surface area contributed by atoms with Gasteiger partial charge in [-0.05, 0) is 48.6 Å². The fourth-order valence-electron chi connectivity index (χ4n) is 2.27. The van der Waals surface area contributed by atoms with Crippen molar-refractivity contribution in [2.45, 2.75) is 20.8 Å². The molecule has 2 aromatic rings. The molecule has 2 aromatic carbocycles. The van der Waals surface area contributed by atoms with Crippen molar-refractivity contribution >= 4 is 12.2 Å². The maximum Gasteiger partial charge on any atom is -0.0154 e. The third kappa shape index (κ3) is 3.23. The van der Waals surface area contributed by atoms with E-state index in [0.29, 0.717) is 0 Å². The van der Waals surface area contributed by atoms with Gasteiger partial charge in [-0.2, -0.15) is 0 Å². The second-order valence-corrected chi connectivity index (χ2v) is 4.70. The zero-order chi connectivity index (χ0) is 13.7. The Kier molecular flexibility index (Phi) is 4.35. The molecular formula is C19H20. The van der Waals surface area contributed by atoms with Gasteiger partial charge in [0, 0.05) is 0 Å². The minimum absolute atomic E-state index is 1.24. The summed E-state index contributed by atoms with van der Waals surface area (Å²) in [7, 11) is 0. The SMILES string of the molecule is CC=Cc1ccc(-c2ccc(C=CC)cc2C)cc1. The number of hydrogen-bond acceptors (Lipinski definition) is 0. The van der Waals surface area contributed by atoms with E-state index in [-0.39, 0.29) is 0 Å². The van der Waals surface area contributed by atoms with E-state index in [1.807, 2.05) is 13.8 Å². The fourth-order valence-corrected chi connectivity index (χ4v) is 2.27. The van der Waals surface area contributed by atoms with Gasteiger partial charge in [0.05, 0.1) is 0 Å². The highest BCUT2D eigenvalue weighted by Crippen LogP contribution is 2.25. The minimum Gasteiger partial charge on any atom is -0.0871 e. The zero-order valence-corrected chi connectivity index (χ0v) is 11.9. The van der Waals surface area contributed by atoms with Crippen molar-refractivity contribution in [1.82, 2.24) is 0 Å². The van der Waals surface area contributed by atoms with E-state index in [4.69, 9.17) is 0 Å². The van der Waals surface area contributed by atoms with Crippen molar-refractivity contribution in [1.29, 1.82) is 0 Å². The lowest BCUT2D eigenvalue weighted by atomic mass is 9.97. The Morgan fingerprint density at radius 3 is 1.89 bits per heavy atom. The van der Waals surface area contributed by atoms with Crippen LogP contribution in [0.15, 0.2) is 54.6 Å². The molecule has 0 spiro atoms. The Hall–Kier alpha value is -2.08. The van der Waals surface area contributed by atoms with Gasteiger partial charge >= 0.3 is 0 Å². The van der Waals surface area contributed by atoms with Crippen LogP contribution in [0.5, 0.6) is 0 Å². The van der Waals surface area contributed by atoms with Crippen molar-refractivity contribution in [2.24, 2.45) is 0 Å². The summed E-state index contributed by atoms with van der Waals surface area (Å²) in [5.74, 6) is 0. The topological polar surface area (TPSA) is 0 Å². The van der Waals surface area contributed by atoms with E-state index in [9.17, 15) is 0 Å². The van der Waals surface area contributed by atoms with Crippen molar-refractivity contribution < 1.29 is 0 Å². The normalized spacial score (nSPS) is 11.5. The number of allylic oxidation sites excluding steroid dienone is 2. The van der Waals surface area contributed by atoms with Crippen LogP contribution in [0.4, 0.5) is 0 Å². The molecule has 96 valence electrons. The second kappa shape index (κ2) is 6.19. The van der Waals surface area contributed by atoms with Gasteiger partial charge in [0.1, 0.15) is 0 Å². The highest BCUT2D eigenvalue weighted by atomic mass is 14.1. The molecule has 19 heavy (non-hydrogen) atoms. The first-order valence-corrected chi connectivity index (χ1v) is 6.71. The maximum atomic E-state index is 2.23. The van der Waals surface area contributed by atoms with Crippen LogP contribution in [0.2, 0.25) is 0 Å². The first kappa shape index (κ1) is 13.4. The molecule has 0 nitrogen and oxygen atoms in total. The Morgan fingerprint density at radius 1 is 0.737 bits per heavy atom. The molecule has 0 heterocycles. The Bertz CT molecular complexity index is 598. The highest BCUT2D eigenvalue weighted by molar-refractivity contribution is 5.70. The zero-order valence-electron chi connectivity index (χ0n) is 11.9. The van der Waals surface area contributed by atoms with Crippen LogP contribution in [-0.2, 0) is 0 Å². The van der Waals surface area contributed by atoms with Crippen molar-refractivity contribution in [3.05, 3.63) is 71.3 Å². The summed E-state index contributed by atoms with van der Waals surface area (Å²) in [4.78, 5) is 0. The largest absolute Gasteiger partial charge is 0.0871 e. The summed E-state index contributed by atoms with van der Waals surface area (Å²) in [5.41, 5.74) is 6.40. The molecule has 0 atom stereocenters. The van der Waals surface area contributed by atoms with Gasteiger partial charge in [-0.3, -0.25) is 0 Å². The second-order valence-electron chi connectivity index (χ2n) is 4.70. The van der Waals surface area contributed by atoms with Crippen LogP contribution in [-0.4, -0.2) is 0 Å². The lowest BCUT2D eigenvalue weighted by Gasteiger charge is -2.08. The van der Waals surface area contributed by atoms with E-state index >= 15 is 0 Å². The van der Waals surface area contributed by atoms with Gasteiger partial charge in [0.2, 0.25) is 0 Å². The molecule has 0 aliphatic carbocycles. The average Bonchev–Trinajstić information content (AvgIpc) is 2.41. The van der Waals surface area contributed by atoms with Gasteiger partial charge in [-0.15, -0.1) is 0 Å². The van der Waals surface area contributed by atoms with Crippen LogP contribution in [0, 0.1) is 6.92 Å². The molecule has 0 aromatic heterocycles. The summed E-state index contributed by atoms with van der Waals surface area (Å²) in [5, 5.41) is 0. The van der Waals surface area contributed by atoms with E-state index < -0.39 is 0 Å². The molecule has 0 bridgehead atoms. The third-order valence-corrected chi connectivity index (χ3v) is 3.19. The van der Waals surface area contributed by atoms with Crippen molar-refractivity contribution in [3.8, 4) is 11.1 Å². The summed E-state index contributed by atoms with van der Waals surface area (Å²) in [6.07, 6.45) is 8.38. The fraction of sp³-hybridized carbons (Fsp3) is 0.158. The minimum atomic E-state index is 1.24. The highest BCUT2D eigenvalue weighted by Gasteiger charge is 2.02. The first-order chi connectivity index (χ1) is 9.24. The molecule has 0 heteroatoms. The number of hydrogen-bond donors (Lipinski definition) is 0. The van der Waals surface area contributed by atoms with Crippen molar-refractivity contribution in [3.63, 3.8) is 0 Å². The summed E-state index contributed by atoms with van der Waals surface area (Å²) >= 11 is 0. The predicted octanol–water partition coefficient (Wildman–Crippen LogP) is 5.73. The van der Waals surface area contributed by atoms with Crippen LogP contribution in [0.25, 0.3) is 23.3 Å². The molecule has 0 aliphatic rings. The molecule has 2 rings (SSSR count). The summed E-state index contributed by atoms with van der Waals surface area (Å²) < 4.78 is 0. The summed E-state index contributed by atoms with van der Waals surface area (Å²) in [6, 6.07) is 15.3. The third-order valence-electron chi connectivity index (χ3n) is 3.19. The first-order valence-electron chi connectivity index (χ1n) is 6.71. The number of benzene rings is 2.